The molecule has 0 amide bonds. The van der Waals surface area contributed by atoms with Gasteiger partial charge >= 0.3 is 0 Å². The highest BCUT2D eigenvalue weighted by atomic mass is 14.9. The smallest absolute Gasteiger partial charge is 0.0547 e. The summed E-state index contributed by atoms with van der Waals surface area (Å²) in [5.41, 5.74) is 8.25. The Kier molecular flexibility index (Phi) is 2.37. The summed E-state index contributed by atoms with van der Waals surface area (Å²) in [6, 6.07) is 1.93. The van der Waals surface area contributed by atoms with Crippen LogP contribution in [0, 0.1) is 16.7 Å². The molecular formula is C13H21N3. The van der Waals surface area contributed by atoms with Crippen LogP contribution in [0.1, 0.15) is 27.7 Å². The largest absolute Gasteiger partial charge is 0.397 e. The van der Waals surface area contributed by atoms with E-state index in [0.29, 0.717) is 22.4 Å². The first-order valence-corrected chi connectivity index (χ1v) is 5.80. The number of aromatic nitrogens is 1. The molecule has 1 fully saturated rings. The highest BCUT2D eigenvalue weighted by Gasteiger charge is 2.63. The van der Waals surface area contributed by atoms with Crippen LogP contribution in [-0.4, -0.2) is 11.5 Å². The molecular weight excluding hydrogens is 198 g/mol. The molecule has 1 aromatic rings. The summed E-state index contributed by atoms with van der Waals surface area (Å²) in [5, 5.41) is 3.42. The lowest BCUT2D eigenvalue weighted by Crippen LogP contribution is -2.08. The molecule has 88 valence electrons. The number of nitrogens with zero attached hydrogens (tertiary/aromatic N) is 1. The first-order valence-electron chi connectivity index (χ1n) is 5.80. The SMILES string of the molecule is CC1(C)C(CNc2cncc(N)c2)C1(C)C. The molecule has 0 atom stereocenters. The molecule has 1 aliphatic carbocycles. The van der Waals surface area contributed by atoms with Gasteiger partial charge in [-0.25, -0.2) is 0 Å². The molecule has 0 radical (unpaired) electrons. The summed E-state index contributed by atoms with van der Waals surface area (Å²) in [4.78, 5) is 4.07. The Morgan fingerprint density at radius 2 is 1.88 bits per heavy atom. The van der Waals surface area contributed by atoms with Crippen molar-refractivity contribution in [3.63, 3.8) is 0 Å². The summed E-state index contributed by atoms with van der Waals surface area (Å²) in [6.07, 6.45) is 3.48. The Bertz CT molecular complexity index is 382. The van der Waals surface area contributed by atoms with Crippen LogP contribution < -0.4 is 11.1 Å². The number of rotatable bonds is 3. The number of nitrogens with two attached hydrogens (primary N) is 1. The maximum absolute atomic E-state index is 5.68. The van der Waals surface area contributed by atoms with Crippen molar-refractivity contribution in [1.29, 1.82) is 0 Å². The number of hydrogen-bond acceptors (Lipinski definition) is 3. The van der Waals surface area contributed by atoms with Crippen molar-refractivity contribution in [2.24, 2.45) is 16.7 Å². The van der Waals surface area contributed by atoms with Crippen molar-refractivity contribution in [2.45, 2.75) is 27.7 Å². The highest BCUT2D eigenvalue weighted by Crippen LogP contribution is 2.68. The van der Waals surface area contributed by atoms with Gasteiger partial charge in [0.05, 0.1) is 17.6 Å². The molecule has 0 aromatic carbocycles. The molecule has 1 aromatic heterocycles. The minimum Gasteiger partial charge on any atom is -0.397 e. The summed E-state index contributed by atoms with van der Waals surface area (Å²) >= 11 is 0. The average Bonchev–Trinajstić information content (AvgIpc) is 2.55. The topological polar surface area (TPSA) is 50.9 Å². The van der Waals surface area contributed by atoms with Gasteiger partial charge in [0.1, 0.15) is 0 Å². The molecule has 0 aliphatic heterocycles. The van der Waals surface area contributed by atoms with Crippen molar-refractivity contribution in [3.05, 3.63) is 18.5 Å². The molecule has 1 saturated carbocycles. The van der Waals surface area contributed by atoms with E-state index in [1.807, 2.05) is 12.3 Å². The fourth-order valence-electron chi connectivity index (χ4n) is 2.62. The van der Waals surface area contributed by atoms with Crippen molar-refractivity contribution in [3.8, 4) is 0 Å². The van der Waals surface area contributed by atoms with Gasteiger partial charge in [-0.05, 0) is 22.8 Å². The quantitative estimate of drug-likeness (QED) is 0.822. The number of nitrogens with one attached hydrogen (secondary N) is 1. The maximum atomic E-state index is 5.68. The van der Waals surface area contributed by atoms with Gasteiger partial charge in [-0.15, -0.1) is 0 Å². The summed E-state index contributed by atoms with van der Waals surface area (Å²) < 4.78 is 0. The van der Waals surface area contributed by atoms with E-state index >= 15 is 0 Å². The van der Waals surface area contributed by atoms with Gasteiger partial charge in [0.15, 0.2) is 0 Å². The number of hydrogen-bond donors (Lipinski definition) is 2. The Morgan fingerprint density at radius 3 is 2.38 bits per heavy atom. The van der Waals surface area contributed by atoms with Crippen LogP contribution in [0.25, 0.3) is 0 Å². The lowest BCUT2D eigenvalue weighted by Gasteiger charge is -2.07. The van der Waals surface area contributed by atoms with Crippen LogP contribution >= 0.6 is 0 Å². The van der Waals surface area contributed by atoms with Gasteiger partial charge in [-0.3, -0.25) is 4.98 Å². The second-order valence-corrected chi connectivity index (χ2v) is 5.88. The zero-order valence-corrected chi connectivity index (χ0v) is 10.5. The molecule has 16 heavy (non-hydrogen) atoms. The van der Waals surface area contributed by atoms with Crippen LogP contribution in [0.15, 0.2) is 18.5 Å². The Labute approximate surface area is 97.5 Å². The van der Waals surface area contributed by atoms with E-state index in [1.165, 1.54) is 0 Å². The Balaban J connectivity index is 1.95. The van der Waals surface area contributed by atoms with Crippen LogP contribution in [0.3, 0.4) is 0 Å². The number of nitrogen functional groups attached to an aromatic ring is 1. The van der Waals surface area contributed by atoms with Crippen LogP contribution in [-0.2, 0) is 0 Å². The molecule has 1 aliphatic rings. The third-order valence-corrected chi connectivity index (χ3v) is 4.59. The van der Waals surface area contributed by atoms with Crippen LogP contribution in [0.2, 0.25) is 0 Å². The molecule has 3 heteroatoms. The predicted octanol–water partition coefficient (Wildman–Crippen LogP) is 2.76. The first kappa shape index (κ1) is 11.2. The lowest BCUT2D eigenvalue weighted by atomic mass is 10.0. The van der Waals surface area contributed by atoms with Gasteiger partial charge in [-0.1, -0.05) is 27.7 Å². The molecule has 1 heterocycles. The minimum absolute atomic E-state index is 0.424. The Morgan fingerprint density at radius 1 is 1.25 bits per heavy atom. The van der Waals surface area contributed by atoms with E-state index in [4.69, 9.17) is 5.73 Å². The van der Waals surface area contributed by atoms with E-state index < -0.39 is 0 Å². The van der Waals surface area contributed by atoms with E-state index in [-0.39, 0.29) is 0 Å². The third-order valence-electron chi connectivity index (χ3n) is 4.59. The molecule has 0 unspecified atom stereocenters. The van der Waals surface area contributed by atoms with E-state index in [9.17, 15) is 0 Å². The zero-order chi connectivity index (χ0) is 12.0. The van der Waals surface area contributed by atoms with Crippen molar-refractivity contribution >= 4 is 11.4 Å². The Hall–Kier alpha value is -1.25. The fraction of sp³-hybridized carbons (Fsp3) is 0.615. The molecule has 2 rings (SSSR count). The van der Waals surface area contributed by atoms with Crippen molar-refractivity contribution < 1.29 is 0 Å². The summed E-state index contributed by atoms with van der Waals surface area (Å²) in [7, 11) is 0. The van der Waals surface area contributed by atoms with E-state index in [2.05, 4.69) is 38.0 Å². The van der Waals surface area contributed by atoms with Gasteiger partial charge in [0.2, 0.25) is 0 Å². The van der Waals surface area contributed by atoms with Gasteiger partial charge in [-0.2, -0.15) is 0 Å². The predicted molar refractivity (Wildman–Crippen MR) is 68.2 cm³/mol. The normalized spacial score (nSPS) is 21.8. The monoisotopic (exact) mass is 219 g/mol. The second-order valence-electron chi connectivity index (χ2n) is 5.88. The lowest BCUT2D eigenvalue weighted by molar-refractivity contribution is 0.457. The summed E-state index contributed by atoms with van der Waals surface area (Å²) in [6.45, 7) is 10.3. The molecule has 0 spiro atoms. The van der Waals surface area contributed by atoms with Gasteiger partial charge < -0.3 is 11.1 Å². The van der Waals surface area contributed by atoms with E-state index in [0.717, 1.165) is 12.2 Å². The van der Waals surface area contributed by atoms with E-state index in [1.54, 1.807) is 6.20 Å². The molecule has 0 saturated heterocycles. The first-order chi connectivity index (χ1) is 7.35. The van der Waals surface area contributed by atoms with Crippen molar-refractivity contribution in [1.82, 2.24) is 4.98 Å². The minimum atomic E-state index is 0.424. The second kappa shape index (κ2) is 3.37. The van der Waals surface area contributed by atoms with Crippen molar-refractivity contribution in [2.75, 3.05) is 17.6 Å². The summed E-state index contributed by atoms with van der Waals surface area (Å²) in [5.74, 6) is 0.710. The third kappa shape index (κ3) is 1.64. The molecule has 3 nitrogen and oxygen atoms in total. The number of anilines is 2. The standard InChI is InChI=1S/C13H21N3/c1-12(2)11(13(12,3)4)8-16-10-5-9(14)6-15-7-10/h5-7,11,16H,8,14H2,1-4H3. The van der Waals surface area contributed by atoms with Gasteiger partial charge in [0, 0.05) is 12.7 Å². The fourth-order valence-corrected chi connectivity index (χ4v) is 2.62. The van der Waals surface area contributed by atoms with Crippen LogP contribution in [0.4, 0.5) is 11.4 Å². The maximum Gasteiger partial charge on any atom is 0.0547 e. The highest BCUT2D eigenvalue weighted by molar-refractivity contribution is 5.51. The van der Waals surface area contributed by atoms with Gasteiger partial charge in [0.25, 0.3) is 0 Å². The number of pyridine rings is 1. The zero-order valence-electron chi connectivity index (χ0n) is 10.5. The average molecular weight is 219 g/mol. The molecule has 3 N–H and O–H groups in total. The van der Waals surface area contributed by atoms with Crippen LogP contribution in [0.5, 0.6) is 0 Å². The molecule has 0 bridgehead atoms.